The normalized spacial score (nSPS) is 14.0. The molecule has 0 aromatic heterocycles. The number of nitrogens with one attached hydrogen (secondary N) is 1. The van der Waals surface area contributed by atoms with Gasteiger partial charge in [-0.2, -0.15) is 0 Å². The fourth-order valence-electron chi connectivity index (χ4n) is 2.90. The van der Waals surface area contributed by atoms with E-state index in [1.165, 1.54) is 0 Å². The summed E-state index contributed by atoms with van der Waals surface area (Å²) >= 11 is 6.10. The van der Waals surface area contributed by atoms with Gasteiger partial charge in [-0.05, 0) is 30.3 Å². The Morgan fingerprint density at radius 2 is 1.70 bits per heavy atom. The molecule has 6 nitrogen and oxygen atoms in total. The minimum absolute atomic E-state index is 0.0242. The molecular formula is C20H22ClN3O3. The van der Waals surface area contributed by atoms with Crippen molar-refractivity contribution in [3.05, 3.63) is 53.6 Å². The van der Waals surface area contributed by atoms with E-state index in [4.69, 9.17) is 16.3 Å². The summed E-state index contributed by atoms with van der Waals surface area (Å²) < 4.78 is 5.89. The van der Waals surface area contributed by atoms with Crippen molar-refractivity contribution in [2.75, 3.05) is 38.0 Å². The molecule has 0 radical (unpaired) electrons. The van der Waals surface area contributed by atoms with Gasteiger partial charge in [0.15, 0.2) is 5.75 Å². The maximum Gasteiger partial charge on any atom is 0.241 e. The van der Waals surface area contributed by atoms with Crippen LogP contribution in [0.2, 0.25) is 5.02 Å². The van der Waals surface area contributed by atoms with Crippen molar-refractivity contribution in [2.45, 2.75) is 6.92 Å². The van der Waals surface area contributed by atoms with E-state index in [0.29, 0.717) is 48.4 Å². The lowest BCUT2D eigenvalue weighted by atomic mass is 10.2. The van der Waals surface area contributed by atoms with Crippen LogP contribution in [0.5, 0.6) is 11.5 Å². The van der Waals surface area contributed by atoms with E-state index in [-0.39, 0.29) is 18.4 Å². The van der Waals surface area contributed by atoms with Crippen LogP contribution in [0.1, 0.15) is 6.92 Å². The standard InChI is InChI=1S/C20H22ClN3O3/c1-15(25)23-9-11-24(12-10-23)20(26)14-22-18-13-16(21)7-8-19(18)27-17-5-3-2-4-6-17/h2-8,13,22H,9-12,14H2,1H3. The van der Waals surface area contributed by atoms with Gasteiger partial charge in [-0.25, -0.2) is 0 Å². The maximum absolute atomic E-state index is 12.5. The Kier molecular flexibility index (Phi) is 6.19. The van der Waals surface area contributed by atoms with Gasteiger partial charge in [0, 0.05) is 38.1 Å². The van der Waals surface area contributed by atoms with Crippen molar-refractivity contribution in [3.8, 4) is 11.5 Å². The van der Waals surface area contributed by atoms with Gasteiger partial charge in [0.05, 0.1) is 12.2 Å². The van der Waals surface area contributed by atoms with Crippen LogP contribution in [0.3, 0.4) is 0 Å². The van der Waals surface area contributed by atoms with Crippen molar-refractivity contribution in [1.82, 2.24) is 9.80 Å². The number of piperazine rings is 1. The molecule has 1 N–H and O–H groups in total. The number of para-hydroxylation sites is 1. The van der Waals surface area contributed by atoms with E-state index >= 15 is 0 Å². The van der Waals surface area contributed by atoms with E-state index in [0.717, 1.165) is 0 Å². The molecule has 0 spiro atoms. The van der Waals surface area contributed by atoms with Crippen molar-refractivity contribution in [3.63, 3.8) is 0 Å². The first-order valence-electron chi connectivity index (χ1n) is 8.82. The van der Waals surface area contributed by atoms with Crippen LogP contribution in [0, 0.1) is 0 Å². The predicted octanol–water partition coefficient (Wildman–Crippen LogP) is 3.23. The molecule has 27 heavy (non-hydrogen) atoms. The zero-order valence-electron chi connectivity index (χ0n) is 15.2. The van der Waals surface area contributed by atoms with E-state index in [2.05, 4.69) is 5.32 Å². The molecule has 0 bridgehead atoms. The molecule has 0 aliphatic carbocycles. The first-order valence-corrected chi connectivity index (χ1v) is 9.20. The second kappa shape index (κ2) is 8.77. The third-order valence-electron chi connectivity index (χ3n) is 4.42. The summed E-state index contributed by atoms with van der Waals surface area (Å²) in [5.41, 5.74) is 0.655. The number of rotatable bonds is 5. The summed E-state index contributed by atoms with van der Waals surface area (Å²) in [6.07, 6.45) is 0. The second-order valence-electron chi connectivity index (χ2n) is 6.30. The van der Waals surface area contributed by atoms with Gasteiger partial charge in [0.1, 0.15) is 5.75 Å². The molecule has 0 atom stereocenters. The predicted molar refractivity (Wildman–Crippen MR) is 105 cm³/mol. The third-order valence-corrected chi connectivity index (χ3v) is 4.66. The van der Waals surface area contributed by atoms with Crippen molar-refractivity contribution in [2.24, 2.45) is 0 Å². The summed E-state index contributed by atoms with van der Waals surface area (Å²) in [5.74, 6) is 1.32. The zero-order chi connectivity index (χ0) is 19.2. The lowest BCUT2D eigenvalue weighted by molar-refractivity contribution is -0.137. The molecule has 0 saturated carbocycles. The quantitative estimate of drug-likeness (QED) is 0.855. The fraction of sp³-hybridized carbons (Fsp3) is 0.300. The molecule has 3 rings (SSSR count). The molecule has 1 aliphatic rings. The average Bonchev–Trinajstić information content (AvgIpc) is 2.68. The van der Waals surface area contributed by atoms with Gasteiger partial charge >= 0.3 is 0 Å². The molecule has 1 heterocycles. The number of benzene rings is 2. The minimum atomic E-state index is -0.0242. The number of hydrogen-bond donors (Lipinski definition) is 1. The summed E-state index contributed by atoms with van der Waals surface area (Å²) in [6.45, 7) is 3.91. The van der Waals surface area contributed by atoms with Crippen LogP contribution < -0.4 is 10.1 Å². The van der Waals surface area contributed by atoms with Gasteiger partial charge < -0.3 is 19.9 Å². The average molecular weight is 388 g/mol. The van der Waals surface area contributed by atoms with Gasteiger partial charge in [0.25, 0.3) is 0 Å². The highest BCUT2D eigenvalue weighted by atomic mass is 35.5. The van der Waals surface area contributed by atoms with E-state index in [1.807, 2.05) is 30.3 Å². The number of carbonyl (C=O) groups excluding carboxylic acids is 2. The molecular weight excluding hydrogens is 366 g/mol. The van der Waals surface area contributed by atoms with Crippen LogP contribution in [-0.4, -0.2) is 54.3 Å². The molecule has 142 valence electrons. The lowest BCUT2D eigenvalue weighted by Gasteiger charge is -2.34. The number of carbonyl (C=O) groups is 2. The SMILES string of the molecule is CC(=O)N1CCN(C(=O)CNc2cc(Cl)ccc2Oc2ccccc2)CC1. The molecule has 7 heteroatoms. The topological polar surface area (TPSA) is 61.9 Å². The molecule has 2 aromatic carbocycles. The van der Waals surface area contributed by atoms with Gasteiger partial charge in [-0.15, -0.1) is 0 Å². The van der Waals surface area contributed by atoms with Crippen LogP contribution in [0.25, 0.3) is 0 Å². The van der Waals surface area contributed by atoms with Crippen LogP contribution >= 0.6 is 11.6 Å². The smallest absolute Gasteiger partial charge is 0.241 e. The molecule has 2 amide bonds. The Bertz CT molecular complexity index is 805. The molecule has 2 aromatic rings. The Morgan fingerprint density at radius 3 is 2.37 bits per heavy atom. The Labute approximate surface area is 163 Å². The highest BCUT2D eigenvalue weighted by Gasteiger charge is 2.22. The number of hydrogen-bond acceptors (Lipinski definition) is 4. The van der Waals surface area contributed by atoms with Gasteiger partial charge in [-0.3, -0.25) is 9.59 Å². The van der Waals surface area contributed by atoms with Crippen molar-refractivity contribution >= 4 is 29.1 Å². The van der Waals surface area contributed by atoms with Crippen molar-refractivity contribution < 1.29 is 14.3 Å². The van der Waals surface area contributed by atoms with Crippen LogP contribution in [-0.2, 0) is 9.59 Å². The lowest BCUT2D eigenvalue weighted by Crippen LogP contribution is -2.51. The monoisotopic (exact) mass is 387 g/mol. The Hall–Kier alpha value is -2.73. The fourth-order valence-corrected chi connectivity index (χ4v) is 3.07. The minimum Gasteiger partial charge on any atom is -0.455 e. The maximum atomic E-state index is 12.5. The Balaban J connectivity index is 1.61. The number of amides is 2. The zero-order valence-corrected chi connectivity index (χ0v) is 15.9. The highest BCUT2D eigenvalue weighted by molar-refractivity contribution is 6.30. The Morgan fingerprint density at radius 1 is 1.04 bits per heavy atom. The molecule has 0 unspecified atom stereocenters. The van der Waals surface area contributed by atoms with Gasteiger partial charge in [-0.1, -0.05) is 29.8 Å². The highest BCUT2D eigenvalue weighted by Crippen LogP contribution is 2.31. The van der Waals surface area contributed by atoms with E-state index < -0.39 is 0 Å². The molecule has 1 fully saturated rings. The number of anilines is 1. The summed E-state index contributed by atoms with van der Waals surface area (Å²) in [7, 11) is 0. The summed E-state index contributed by atoms with van der Waals surface area (Å²) in [5, 5.41) is 3.68. The largest absolute Gasteiger partial charge is 0.455 e. The van der Waals surface area contributed by atoms with Crippen LogP contribution in [0.15, 0.2) is 48.5 Å². The molecule has 1 aliphatic heterocycles. The van der Waals surface area contributed by atoms with Gasteiger partial charge in [0.2, 0.25) is 11.8 Å². The van der Waals surface area contributed by atoms with Crippen molar-refractivity contribution in [1.29, 1.82) is 0 Å². The van der Waals surface area contributed by atoms with E-state index in [1.54, 1.807) is 34.9 Å². The number of ether oxygens (including phenoxy) is 1. The molecule has 1 saturated heterocycles. The van der Waals surface area contributed by atoms with Crippen LogP contribution in [0.4, 0.5) is 5.69 Å². The second-order valence-corrected chi connectivity index (χ2v) is 6.73. The summed E-state index contributed by atoms with van der Waals surface area (Å²) in [6, 6.07) is 14.7. The summed E-state index contributed by atoms with van der Waals surface area (Å²) in [4.78, 5) is 27.4. The van der Waals surface area contributed by atoms with E-state index in [9.17, 15) is 9.59 Å². The number of nitrogens with zero attached hydrogens (tertiary/aromatic N) is 2. The first-order chi connectivity index (χ1) is 13.0. The third kappa shape index (κ3) is 5.14. The first kappa shape index (κ1) is 19.0. The number of halogens is 1.